The Morgan fingerprint density at radius 2 is 0.846 bits per heavy atom. The lowest BCUT2D eigenvalue weighted by molar-refractivity contribution is -0.148. The molecular formula is C6H8MgO6. The predicted molar refractivity (Wildman–Crippen MR) is 42.4 cm³/mol. The Balaban J connectivity index is -0.000000143. The molecule has 0 spiro atoms. The third kappa shape index (κ3) is 18.2. The van der Waals surface area contributed by atoms with Crippen molar-refractivity contribution in [2.24, 2.45) is 0 Å². The van der Waals surface area contributed by atoms with Crippen LogP contribution in [-0.2, 0) is 19.2 Å². The molecule has 6 nitrogen and oxygen atoms in total. The van der Waals surface area contributed by atoms with Crippen LogP contribution in [0.4, 0.5) is 0 Å². The standard InChI is InChI=1S/2C3H4O3.Mg/c2*1-2(4)3(5)6;/h2*1H3,(H,5,6);. The maximum Gasteiger partial charge on any atom is 0.371 e. The molecule has 0 bridgehead atoms. The number of carboxylic acids is 2. The Bertz CT molecular complexity index is 173. The topological polar surface area (TPSA) is 109 Å². The molecule has 0 aliphatic heterocycles. The SMILES string of the molecule is CC(=O)C(=O)O.CC(=O)C(=O)O.[Mg]. The van der Waals surface area contributed by atoms with Gasteiger partial charge in [0.25, 0.3) is 0 Å². The minimum atomic E-state index is -1.38. The van der Waals surface area contributed by atoms with E-state index in [0.717, 1.165) is 13.8 Å². The first-order valence-electron chi connectivity index (χ1n) is 2.76. The molecule has 2 N–H and O–H groups in total. The van der Waals surface area contributed by atoms with Crippen molar-refractivity contribution in [3.63, 3.8) is 0 Å². The molecular weight excluding hydrogens is 192 g/mol. The third-order valence-electron chi connectivity index (χ3n) is 0.602. The van der Waals surface area contributed by atoms with E-state index < -0.39 is 23.5 Å². The molecule has 0 aromatic rings. The largest absolute Gasteiger partial charge is 0.476 e. The first kappa shape index (κ1) is 18.0. The van der Waals surface area contributed by atoms with Gasteiger partial charge in [0.1, 0.15) is 0 Å². The number of aliphatic carboxylic acids is 2. The van der Waals surface area contributed by atoms with Gasteiger partial charge in [0, 0.05) is 36.9 Å². The molecule has 13 heavy (non-hydrogen) atoms. The Kier molecular flexibility index (Phi) is 12.6. The minimum Gasteiger partial charge on any atom is -0.476 e. The van der Waals surface area contributed by atoms with Crippen LogP contribution in [0.3, 0.4) is 0 Å². The molecule has 0 unspecified atom stereocenters. The zero-order valence-corrected chi connectivity index (χ0v) is 8.65. The van der Waals surface area contributed by atoms with E-state index in [2.05, 4.69) is 0 Å². The summed E-state index contributed by atoms with van der Waals surface area (Å²) in [4.78, 5) is 37.8. The molecule has 2 radical (unpaired) electrons. The van der Waals surface area contributed by atoms with E-state index in [-0.39, 0.29) is 23.1 Å². The summed E-state index contributed by atoms with van der Waals surface area (Å²) in [7, 11) is 0. The smallest absolute Gasteiger partial charge is 0.371 e. The predicted octanol–water partition coefficient (Wildman–Crippen LogP) is -1.06. The number of Topliss-reactive ketones (excluding diaryl/α,β-unsaturated/α-hetero) is 2. The van der Waals surface area contributed by atoms with Crippen molar-refractivity contribution < 1.29 is 29.4 Å². The lowest BCUT2D eigenvalue weighted by Crippen LogP contribution is -2.05. The Hall–Kier alpha value is -0.954. The van der Waals surface area contributed by atoms with Crippen molar-refractivity contribution in [2.75, 3.05) is 0 Å². The highest BCUT2D eigenvalue weighted by atomic mass is 24.3. The molecule has 0 atom stereocenters. The Morgan fingerprint density at radius 3 is 0.846 bits per heavy atom. The van der Waals surface area contributed by atoms with E-state index >= 15 is 0 Å². The highest BCUT2D eigenvalue weighted by Crippen LogP contribution is 1.62. The molecule has 0 saturated carbocycles. The quantitative estimate of drug-likeness (QED) is 0.434. The van der Waals surface area contributed by atoms with Gasteiger partial charge < -0.3 is 10.2 Å². The molecule has 0 aromatic heterocycles. The summed E-state index contributed by atoms with van der Waals surface area (Å²) in [5, 5.41) is 15.3. The van der Waals surface area contributed by atoms with Crippen molar-refractivity contribution in [2.45, 2.75) is 13.8 Å². The number of carbonyl (C=O) groups excluding carboxylic acids is 2. The highest BCUT2D eigenvalue weighted by molar-refractivity contribution is 6.31. The summed E-state index contributed by atoms with van der Waals surface area (Å²) < 4.78 is 0. The van der Waals surface area contributed by atoms with E-state index in [9.17, 15) is 19.2 Å². The zero-order chi connectivity index (χ0) is 10.3. The first-order chi connectivity index (χ1) is 5.29. The van der Waals surface area contributed by atoms with Crippen LogP contribution in [-0.4, -0.2) is 56.8 Å². The number of ketones is 2. The second kappa shape index (κ2) is 9.14. The molecule has 0 fully saturated rings. The van der Waals surface area contributed by atoms with Crippen LogP contribution in [0.15, 0.2) is 0 Å². The van der Waals surface area contributed by atoms with Crippen LogP contribution in [0, 0.1) is 0 Å². The van der Waals surface area contributed by atoms with E-state index in [4.69, 9.17) is 10.2 Å². The van der Waals surface area contributed by atoms with Crippen molar-refractivity contribution in [3.05, 3.63) is 0 Å². The monoisotopic (exact) mass is 200 g/mol. The molecule has 0 rings (SSSR count). The summed E-state index contributed by atoms with van der Waals surface area (Å²) in [6.07, 6.45) is 0. The summed E-state index contributed by atoms with van der Waals surface area (Å²) in [5.41, 5.74) is 0. The summed E-state index contributed by atoms with van der Waals surface area (Å²) in [5.74, 6) is -4.41. The number of rotatable bonds is 2. The van der Waals surface area contributed by atoms with Gasteiger partial charge in [0.05, 0.1) is 0 Å². The lowest BCUT2D eigenvalue weighted by atomic mass is 10.5. The second-order valence-electron chi connectivity index (χ2n) is 1.72. The number of carboxylic acid groups (broad SMARTS) is 2. The van der Waals surface area contributed by atoms with Gasteiger partial charge in [0.2, 0.25) is 11.6 Å². The molecule has 0 aromatic carbocycles. The molecule has 0 heterocycles. The highest BCUT2D eigenvalue weighted by Gasteiger charge is 1.99. The maximum absolute atomic E-state index is 9.54. The number of carbonyl (C=O) groups is 4. The van der Waals surface area contributed by atoms with Gasteiger partial charge in [-0.25, -0.2) is 9.59 Å². The van der Waals surface area contributed by atoms with Crippen molar-refractivity contribution >= 4 is 46.6 Å². The Morgan fingerprint density at radius 1 is 0.769 bits per heavy atom. The fourth-order valence-electron chi connectivity index (χ4n) is 0. The van der Waals surface area contributed by atoms with Crippen LogP contribution >= 0.6 is 0 Å². The van der Waals surface area contributed by atoms with Crippen molar-refractivity contribution in [1.82, 2.24) is 0 Å². The average Bonchev–Trinajstić information content (AvgIpc) is 1.88. The van der Waals surface area contributed by atoms with Crippen LogP contribution in [0.2, 0.25) is 0 Å². The number of hydrogen-bond donors (Lipinski definition) is 2. The third-order valence-corrected chi connectivity index (χ3v) is 0.602. The van der Waals surface area contributed by atoms with Gasteiger partial charge in [-0.15, -0.1) is 0 Å². The van der Waals surface area contributed by atoms with E-state index in [0.29, 0.717) is 0 Å². The summed E-state index contributed by atoms with van der Waals surface area (Å²) in [6.45, 7) is 2.00. The van der Waals surface area contributed by atoms with Gasteiger partial charge in [-0.3, -0.25) is 9.59 Å². The molecule has 70 valence electrons. The van der Waals surface area contributed by atoms with Crippen molar-refractivity contribution in [3.8, 4) is 0 Å². The normalized spacial score (nSPS) is 6.92. The van der Waals surface area contributed by atoms with Gasteiger partial charge in [-0.2, -0.15) is 0 Å². The number of hydrogen-bond acceptors (Lipinski definition) is 4. The summed E-state index contributed by atoms with van der Waals surface area (Å²) in [6, 6.07) is 0. The zero-order valence-electron chi connectivity index (χ0n) is 7.23. The fraction of sp³-hybridized carbons (Fsp3) is 0.333. The van der Waals surface area contributed by atoms with Crippen LogP contribution < -0.4 is 0 Å². The molecule has 7 heteroatoms. The first-order valence-corrected chi connectivity index (χ1v) is 2.76. The molecule has 0 aliphatic carbocycles. The second-order valence-corrected chi connectivity index (χ2v) is 1.72. The van der Waals surface area contributed by atoms with Crippen LogP contribution in [0.1, 0.15) is 13.8 Å². The summed E-state index contributed by atoms with van der Waals surface area (Å²) >= 11 is 0. The van der Waals surface area contributed by atoms with Gasteiger partial charge >= 0.3 is 11.9 Å². The van der Waals surface area contributed by atoms with E-state index in [1.165, 1.54) is 0 Å². The van der Waals surface area contributed by atoms with Crippen LogP contribution in [0.5, 0.6) is 0 Å². The maximum atomic E-state index is 9.54. The molecule has 0 aliphatic rings. The molecule has 0 amide bonds. The van der Waals surface area contributed by atoms with Crippen LogP contribution in [0.25, 0.3) is 0 Å². The van der Waals surface area contributed by atoms with E-state index in [1.54, 1.807) is 0 Å². The van der Waals surface area contributed by atoms with E-state index in [1.807, 2.05) is 0 Å². The molecule has 0 saturated heterocycles. The minimum absolute atomic E-state index is 0. The lowest BCUT2D eigenvalue weighted by Gasteiger charge is -1.73. The van der Waals surface area contributed by atoms with Gasteiger partial charge in [-0.1, -0.05) is 0 Å². The Labute approximate surface area is 90.1 Å². The van der Waals surface area contributed by atoms with Gasteiger partial charge in [0.15, 0.2) is 0 Å². The fourth-order valence-corrected chi connectivity index (χ4v) is 0. The average molecular weight is 200 g/mol. The van der Waals surface area contributed by atoms with Crippen molar-refractivity contribution in [1.29, 1.82) is 0 Å². The van der Waals surface area contributed by atoms with Gasteiger partial charge in [-0.05, 0) is 0 Å².